The van der Waals surface area contributed by atoms with Gasteiger partial charge in [-0.05, 0) is 23.3 Å². The summed E-state index contributed by atoms with van der Waals surface area (Å²) in [7, 11) is 0. The lowest BCUT2D eigenvalue weighted by atomic mass is 9.97. The van der Waals surface area contributed by atoms with Gasteiger partial charge in [-0.15, -0.1) is 0 Å². The van der Waals surface area contributed by atoms with Gasteiger partial charge in [0.15, 0.2) is 0 Å². The molecule has 4 aromatic rings. The van der Waals surface area contributed by atoms with E-state index in [2.05, 4.69) is 5.32 Å². The van der Waals surface area contributed by atoms with Crippen LogP contribution in [0.5, 0.6) is 0 Å². The molecule has 1 atom stereocenters. The molecule has 0 aliphatic carbocycles. The molecule has 4 nitrogen and oxygen atoms in total. The fourth-order valence-corrected chi connectivity index (χ4v) is 3.85. The number of amides is 1. The highest BCUT2D eigenvalue weighted by atomic mass is 19.1. The molecular weight excluding hydrogens is 365 g/mol. The van der Waals surface area contributed by atoms with Crippen LogP contribution in [-0.4, -0.2) is 15.7 Å². The SMILES string of the molecule is O=C1NC(c2ccc(F)cc2)c2c(-c3ccccc3)nn(Cc3ccccc3)c21. The van der Waals surface area contributed by atoms with Gasteiger partial charge in [-0.2, -0.15) is 5.10 Å². The number of hydrogen-bond donors (Lipinski definition) is 1. The van der Waals surface area contributed by atoms with Crippen LogP contribution < -0.4 is 5.32 Å². The zero-order valence-corrected chi connectivity index (χ0v) is 15.5. The van der Waals surface area contributed by atoms with Crippen molar-refractivity contribution in [1.82, 2.24) is 15.1 Å². The predicted octanol–water partition coefficient (Wildman–Crippen LogP) is 4.57. The van der Waals surface area contributed by atoms with E-state index in [1.54, 1.807) is 16.8 Å². The largest absolute Gasteiger partial charge is 0.340 e. The Morgan fingerprint density at radius 2 is 1.55 bits per heavy atom. The number of benzene rings is 3. The smallest absolute Gasteiger partial charge is 0.270 e. The summed E-state index contributed by atoms with van der Waals surface area (Å²) >= 11 is 0. The number of carbonyl (C=O) groups is 1. The van der Waals surface area contributed by atoms with Crippen molar-refractivity contribution in [2.24, 2.45) is 0 Å². The summed E-state index contributed by atoms with van der Waals surface area (Å²) in [6.07, 6.45) is 0. The molecule has 29 heavy (non-hydrogen) atoms. The van der Waals surface area contributed by atoms with E-state index in [1.165, 1.54) is 12.1 Å². The minimum Gasteiger partial charge on any atom is -0.340 e. The molecule has 0 spiro atoms. The second kappa shape index (κ2) is 7.02. The Morgan fingerprint density at radius 3 is 2.24 bits per heavy atom. The normalized spacial score (nSPS) is 15.2. The second-order valence-electron chi connectivity index (χ2n) is 7.08. The fourth-order valence-electron chi connectivity index (χ4n) is 3.85. The molecule has 0 saturated carbocycles. The van der Waals surface area contributed by atoms with E-state index in [0.717, 1.165) is 27.9 Å². The van der Waals surface area contributed by atoms with Crippen LogP contribution in [0.25, 0.3) is 11.3 Å². The van der Waals surface area contributed by atoms with E-state index in [0.29, 0.717) is 12.2 Å². The third-order valence-corrected chi connectivity index (χ3v) is 5.19. The number of hydrogen-bond acceptors (Lipinski definition) is 2. The minimum atomic E-state index is -0.363. The standard InChI is InChI=1S/C24H18FN3O/c25-19-13-11-18(12-14-19)21-20-22(17-9-5-2-6-10-17)27-28(23(20)24(29)26-21)15-16-7-3-1-4-8-16/h1-14,21H,15H2,(H,26,29). The zero-order valence-electron chi connectivity index (χ0n) is 15.5. The summed E-state index contributed by atoms with van der Waals surface area (Å²) in [6, 6.07) is 25.6. The number of fused-ring (bicyclic) bond motifs is 1. The Morgan fingerprint density at radius 1 is 0.897 bits per heavy atom. The highest BCUT2D eigenvalue weighted by Gasteiger charge is 2.37. The van der Waals surface area contributed by atoms with E-state index in [1.807, 2.05) is 60.7 Å². The Balaban J connectivity index is 1.67. The number of carbonyl (C=O) groups excluding carboxylic acids is 1. The topological polar surface area (TPSA) is 46.9 Å². The molecule has 2 heterocycles. The average Bonchev–Trinajstić information content (AvgIpc) is 3.29. The summed E-state index contributed by atoms with van der Waals surface area (Å²) in [4.78, 5) is 12.9. The van der Waals surface area contributed by atoms with Gasteiger partial charge in [0.05, 0.1) is 18.3 Å². The molecule has 3 aromatic carbocycles. The lowest BCUT2D eigenvalue weighted by Crippen LogP contribution is -2.23. The molecular formula is C24H18FN3O. The number of aromatic nitrogens is 2. The molecule has 0 bridgehead atoms. The molecule has 1 aliphatic heterocycles. The predicted molar refractivity (Wildman–Crippen MR) is 109 cm³/mol. The Bertz CT molecular complexity index is 1170. The lowest BCUT2D eigenvalue weighted by molar-refractivity contribution is 0.0951. The van der Waals surface area contributed by atoms with E-state index in [4.69, 9.17) is 5.10 Å². The Kier molecular flexibility index (Phi) is 4.21. The maximum absolute atomic E-state index is 13.4. The number of nitrogens with zero attached hydrogens (tertiary/aromatic N) is 2. The summed E-state index contributed by atoms with van der Waals surface area (Å²) in [5.41, 5.74) is 5.00. The molecule has 0 radical (unpaired) electrons. The van der Waals surface area contributed by atoms with Crippen LogP contribution in [0.1, 0.15) is 33.2 Å². The first-order chi connectivity index (χ1) is 14.2. The van der Waals surface area contributed by atoms with E-state index >= 15 is 0 Å². The van der Waals surface area contributed by atoms with Gasteiger partial charge < -0.3 is 5.32 Å². The van der Waals surface area contributed by atoms with Crippen molar-refractivity contribution < 1.29 is 9.18 Å². The van der Waals surface area contributed by atoms with Crippen LogP contribution in [0.4, 0.5) is 4.39 Å². The van der Waals surface area contributed by atoms with Gasteiger partial charge in [0.25, 0.3) is 5.91 Å². The summed E-state index contributed by atoms with van der Waals surface area (Å²) in [5, 5.41) is 7.87. The molecule has 1 unspecified atom stereocenters. The molecule has 1 N–H and O–H groups in total. The third-order valence-electron chi connectivity index (χ3n) is 5.19. The van der Waals surface area contributed by atoms with Gasteiger partial charge >= 0.3 is 0 Å². The van der Waals surface area contributed by atoms with Crippen molar-refractivity contribution >= 4 is 5.91 Å². The molecule has 1 aliphatic rings. The zero-order chi connectivity index (χ0) is 19.8. The van der Waals surface area contributed by atoms with Gasteiger partial charge in [0.2, 0.25) is 0 Å². The molecule has 1 aromatic heterocycles. The monoisotopic (exact) mass is 383 g/mol. The fraction of sp³-hybridized carbons (Fsp3) is 0.0833. The first kappa shape index (κ1) is 17.4. The summed E-state index contributed by atoms with van der Waals surface area (Å²) < 4.78 is 15.2. The molecule has 5 rings (SSSR count). The van der Waals surface area contributed by atoms with Gasteiger partial charge in [0, 0.05) is 11.1 Å². The van der Waals surface area contributed by atoms with E-state index < -0.39 is 0 Å². The first-order valence-corrected chi connectivity index (χ1v) is 9.47. The summed E-state index contributed by atoms with van der Waals surface area (Å²) in [6.45, 7) is 0.500. The molecule has 0 fully saturated rings. The highest BCUT2D eigenvalue weighted by Crippen LogP contribution is 2.38. The maximum atomic E-state index is 13.4. The van der Waals surface area contributed by atoms with E-state index in [9.17, 15) is 9.18 Å². The van der Waals surface area contributed by atoms with Crippen LogP contribution in [0, 0.1) is 5.82 Å². The van der Waals surface area contributed by atoms with Gasteiger partial charge in [-0.3, -0.25) is 9.48 Å². The van der Waals surface area contributed by atoms with Gasteiger partial charge in [0.1, 0.15) is 11.5 Å². The Labute approximate surface area is 167 Å². The van der Waals surface area contributed by atoms with Crippen molar-refractivity contribution in [3.05, 3.63) is 113 Å². The third kappa shape index (κ3) is 3.10. The van der Waals surface area contributed by atoms with Gasteiger partial charge in [-0.1, -0.05) is 72.8 Å². The average molecular weight is 383 g/mol. The number of halogens is 1. The summed E-state index contributed by atoms with van der Waals surface area (Å²) in [5.74, 6) is -0.471. The highest BCUT2D eigenvalue weighted by molar-refractivity contribution is 6.00. The first-order valence-electron chi connectivity index (χ1n) is 9.47. The van der Waals surface area contributed by atoms with Crippen LogP contribution >= 0.6 is 0 Å². The molecule has 0 saturated heterocycles. The second-order valence-corrected chi connectivity index (χ2v) is 7.08. The van der Waals surface area contributed by atoms with Crippen LogP contribution in [-0.2, 0) is 6.54 Å². The lowest BCUT2D eigenvalue weighted by Gasteiger charge is -2.13. The van der Waals surface area contributed by atoms with Crippen LogP contribution in [0.3, 0.4) is 0 Å². The van der Waals surface area contributed by atoms with Crippen molar-refractivity contribution in [1.29, 1.82) is 0 Å². The van der Waals surface area contributed by atoms with Crippen molar-refractivity contribution in [3.63, 3.8) is 0 Å². The number of nitrogens with one attached hydrogen (secondary N) is 1. The molecule has 1 amide bonds. The van der Waals surface area contributed by atoms with E-state index in [-0.39, 0.29) is 17.8 Å². The molecule has 142 valence electrons. The minimum absolute atomic E-state index is 0.167. The van der Waals surface area contributed by atoms with Crippen LogP contribution in [0.15, 0.2) is 84.9 Å². The van der Waals surface area contributed by atoms with Crippen molar-refractivity contribution in [2.45, 2.75) is 12.6 Å². The van der Waals surface area contributed by atoms with Crippen LogP contribution in [0.2, 0.25) is 0 Å². The van der Waals surface area contributed by atoms with Crippen molar-refractivity contribution in [2.75, 3.05) is 0 Å². The Hall–Kier alpha value is -3.73. The quantitative estimate of drug-likeness (QED) is 0.561. The number of rotatable bonds is 4. The van der Waals surface area contributed by atoms with Crippen molar-refractivity contribution in [3.8, 4) is 11.3 Å². The van der Waals surface area contributed by atoms with Gasteiger partial charge in [-0.25, -0.2) is 4.39 Å². The molecule has 5 heteroatoms. The maximum Gasteiger partial charge on any atom is 0.270 e.